The van der Waals surface area contributed by atoms with Gasteiger partial charge in [-0.3, -0.25) is 18.7 Å². The van der Waals surface area contributed by atoms with Crippen molar-refractivity contribution in [1.82, 2.24) is 14.1 Å². The van der Waals surface area contributed by atoms with Crippen molar-refractivity contribution in [3.05, 3.63) is 93.0 Å². The monoisotopic (exact) mass is 478 g/mol. The van der Waals surface area contributed by atoms with Gasteiger partial charge in [-0.05, 0) is 48.4 Å². The first kappa shape index (κ1) is 23.7. The Kier molecular flexibility index (Phi) is 6.91. The van der Waals surface area contributed by atoms with E-state index in [1.165, 1.54) is 38.6 Å². The maximum atomic E-state index is 13.9. The van der Waals surface area contributed by atoms with Gasteiger partial charge in [0.2, 0.25) is 5.91 Å². The van der Waals surface area contributed by atoms with Crippen LogP contribution in [0.4, 0.5) is 10.1 Å². The minimum atomic E-state index is -0.689. The lowest BCUT2D eigenvalue weighted by Gasteiger charge is -2.14. The number of hydrogen-bond donors (Lipinski definition) is 1. The summed E-state index contributed by atoms with van der Waals surface area (Å²) in [5.41, 5.74) is -0.308. The van der Waals surface area contributed by atoms with Gasteiger partial charge in [0, 0.05) is 12.7 Å². The number of aryl methyl sites for hydroxylation is 1. The number of aromatic nitrogens is 3. The lowest BCUT2D eigenvalue weighted by molar-refractivity contribution is -0.116. The number of nitrogens with zero attached hydrogens (tertiary/aromatic N) is 3. The highest BCUT2D eigenvalue weighted by molar-refractivity contribution is 5.91. The molecule has 0 radical (unpaired) electrons. The summed E-state index contributed by atoms with van der Waals surface area (Å²) in [5.74, 6) is -0.138. The first-order valence-electron chi connectivity index (χ1n) is 10.8. The van der Waals surface area contributed by atoms with Gasteiger partial charge in [-0.25, -0.2) is 14.2 Å². The number of hydrogen-bond acceptors (Lipinski definition) is 6. The SMILES string of the molecule is COc1ccc(CCn2c(=O)c3cccnc3n(CC(=O)Nc3ccccc3F)c2=O)cc1OC. The Balaban J connectivity index is 1.67. The zero-order valence-electron chi connectivity index (χ0n) is 19.2. The highest BCUT2D eigenvalue weighted by atomic mass is 19.1. The molecule has 0 aliphatic carbocycles. The Hall–Kier alpha value is -4.47. The fourth-order valence-corrected chi connectivity index (χ4v) is 3.76. The number of anilines is 1. The number of rotatable bonds is 8. The van der Waals surface area contributed by atoms with Gasteiger partial charge in [0.1, 0.15) is 18.0 Å². The van der Waals surface area contributed by atoms with E-state index >= 15 is 0 Å². The Morgan fingerprint density at radius 1 is 1.00 bits per heavy atom. The number of benzene rings is 2. The van der Waals surface area contributed by atoms with Crippen LogP contribution >= 0.6 is 0 Å². The Labute approximate surface area is 199 Å². The molecule has 0 aliphatic heterocycles. The third-order valence-electron chi connectivity index (χ3n) is 5.50. The van der Waals surface area contributed by atoms with Crippen LogP contribution in [0.3, 0.4) is 0 Å². The lowest BCUT2D eigenvalue weighted by Crippen LogP contribution is -2.42. The molecule has 2 aromatic heterocycles. The molecule has 180 valence electrons. The number of pyridine rings is 1. The van der Waals surface area contributed by atoms with Crippen molar-refractivity contribution in [3.63, 3.8) is 0 Å². The molecule has 9 nitrogen and oxygen atoms in total. The predicted octanol–water partition coefficient (Wildman–Crippen LogP) is 2.60. The minimum Gasteiger partial charge on any atom is -0.493 e. The normalized spacial score (nSPS) is 10.8. The van der Waals surface area contributed by atoms with Gasteiger partial charge in [0.15, 0.2) is 11.5 Å². The molecule has 0 unspecified atom stereocenters. The van der Waals surface area contributed by atoms with Crippen molar-refractivity contribution in [2.75, 3.05) is 19.5 Å². The highest BCUT2D eigenvalue weighted by Crippen LogP contribution is 2.27. The summed E-state index contributed by atoms with van der Waals surface area (Å²) < 4.78 is 26.7. The summed E-state index contributed by atoms with van der Waals surface area (Å²) in [4.78, 5) is 43.2. The number of nitrogens with one attached hydrogen (secondary N) is 1. The van der Waals surface area contributed by atoms with Gasteiger partial charge < -0.3 is 14.8 Å². The number of fused-ring (bicyclic) bond motifs is 1. The summed E-state index contributed by atoms with van der Waals surface area (Å²) in [6, 6.07) is 14.2. The molecule has 1 N–H and O–H groups in total. The fourth-order valence-electron chi connectivity index (χ4n) is 3.76. The summed E-state index contributed by atoms with van der Waals surface area (Å²) in [6.07, 6.45) is 1.78. The predicted molar refractivity (Wildman–Crippen MR) is 129 cm³/mol. The number of amides is 1. The van der Waals surface area contributed by atoms with Crippen molar-refractivity contribution in [2.45, 2.75) is 19.5 Å². The van der Waals surface area contributed by atoms with E-state index < -0.39 is 29.5 Å². The summed E-state index contributed by atoms with van der Waals surface area (Å²) in [5, 5.41) is 2.64. The van der Waals surface area contributed by atoms with Crippen molar-refractivity contribution in [2.24, 2.45) is 0 Å². The van der Waals surface area contributed by atoms with Crippen LogP contribution < -0.4 is 26.0 Å². The Morgan fingerprint density at radius 3 is 2.51 bits per heavy atom. The molecule has 1 amide bonds. The third-order valence-corrected chi connectivity index (χ3v) is 5.50. The minimum absolute atomic E-state index is 0.00964. The lowest BCUT2D eigenvalue weighted by atomic mass is 10.1. The maximum absolute atomic E-state index is 13.9. The van der Waals surface area contributed by atoms with Crippen LogP contribution in [0.5, 0.6) is 11.5 Å². The molecule has 0 spiro atoms. The number of carbonyl (C=O) groups is 1. The van der Waals surface area contributed by atoms with Crippen molar-refractivity contribution in [1.29, 1.82) is 0 Å². The first-order valence-corrected chi connectivity index (χ1v) is 10.8. The van der Waals surface area contributed by atoms with E-state index in [9.17, 15) is 18.8 Å². The van der Waals surface area contributed by atoms with Gasteiger partial charge in [0.25, 0.3) is 5.56 Å². The molecular formula is C25H23FN4O5. The molecule has 4 aromatic rings. The molecular weight excluding hydrogens is 455 g/mol. The number of para-hydroxylation sites is 1. The van der Waals surface area contributed by atoms with Crippen molar-refractivity contribution in [3.8, 4) is 11.5 Å². The Morgan fingerprint density at radius 2 is 1.77 bits per heavy atom. The van der Waals surface area contributed by atoms with Gasteiger partial charge >= 0.3 is 5.69 Å². The fraction of sp³-hybridized carbons (Fsp3) is 0.200. The number of halogens is 1. The second-order valence-electron chi connectivity index (χ2n) is 7.67. The molecule has 2 heterocycles. The average molecular weight is 478 g/mol. The van der Waals surface area contributed by atoms with Crippen LogP contribution in [0.2, 0.25) is 0 Å². The summed E-state index contributed by atoms with van der Waals surface area (Å²) in [7, 11) is 3.05. The van der Waals surface area contributed by atoms with Crippen molar-refractivity contribution >= 4 is 22.6 Å². The standard InChI is InChI=1S/C25H23FN4O5/c1-34-20-10-9-16(14-21(20)35-2)11-13-29-24(32)17-6-5-12-27-23(17)30(25(29)33)15-22(31)28-19-8-4-3-7-18(19)26/h3-10,12,14H,11,13,15H2,1-2H3,(H,28,31). The molecule has 10 heteroatoms. The average Bonchev–Trinajstić information content (AvgIpc) is 2.87. The number of carbonyl (C=O) groups excluding carboxylic acids is 1. The zero-order chi connectivity index (χ0) is 24.9. The largest absolute Gasteiger partial charge is 0.493 e. The molecule has 4 rings (SSSR count). The number of methoxy groups -OCH3 is 2. The third kappa shape index (κ3) is 4.91. The molecule has 0 atom stereocenters. The van der Waals surface area contributed by atoms with E-state index in [2.05, 4.69) is 10.3 Å². The summed E-state index contributed by atoms with van der Waals surface area (Å²) in [6.45, 7) is -0.385. The van der Waals surface area contributed by atoms with Gasteiger partial charge in [0.05, 0.1) is 25.3 Å². The molecule has 0 saturated heterocycles. The van der Waals surface area contributed by atoms with E-state index in [0.717, 1.165) is 14.7 Å². The maximum Gasteiger partial charge on any atom is 0.333 e. The van der Waals surface area contributed by atoms with E-state index in [4.69, 9.17) is 9.47 Å². The smallest absolute Gasteiger partial charge is 0.333 e. The topological polar surface area (TPSA) is 104 Å². The molecule has 0 saturated carbocycles. The molecule has 0 fully saturated rings. The second-order valence-corrected chi connectivity index (χ2v) is 7.67. The first-order chi connectivity index (χ1) is 16.9. The van der Waals surface area contributed by atoms with E-state index in [-0.39, 0.29) is 23.3 Å². The second kappa shape index (κ2) is 10.2. The van der Waals surface area contributed by atoms with E-state index in [1.54, 1.807) is 30.3 Å². The van der Waals surface area contributed by atoms with Crippen LogP contribution in [0.15, 0.2) is 70.4 Å². The molecule has 35 heavy (non-hydrogen) atoms. The molecule has 0 bridgehead atoms. The van der Waals surface area contributed by atoms with Crippen LogP contribution in [-0.2, 0) is 24.3 Å². The van der Waals surface area contributed by atoms with Crippen LogP contribution in [0, 0.1) is 5.82 Å². The van der Waals surface area contributed by atoms with Crippen LogP contribution in [0.1, 0.15) is 5.56 Å². The van der Waals surface area contributed by atoms with E-state index in [1.807, 2.05) is 6.07 Å². The molecule has 0 aliphatic rings. The van der Waals surface area contributed by atoms with E-state index in [0.29, 0.717) is 17.9 Å². The summed E-state index contributed by atoms with van der Waals surface area (Å²) >= 11 is 0. The van der Waals surface area contributed by atoms with Gasteiger partial charge in [-0.1, -0.05) is 18.2 Å². The van der Waals surface area contributed by atoms with Crippen molar-refractivity contribution < 1.29 is 18.7 Å². The van der Waals surface area contributed by atoms with Crippen LogP contribution in [-0.4, -0.2) is 34.2 Å². The Bertz CT molecular complexity index is 1510. The van der Waals surface area contributed by atoms with Gasteiger partial charge in [-0.15, -0.1) is 0 Å². The zero-order valence-corrected chi connectivity index (χ0v) is 19.2. The van der Waals surface area contributed by atoms with Crippen LogP contribution in [0.25, 0.3) is 11.0 Å². The molecule has 2 aromatic carbocycles. The quantitative estimate of drug-likeness (QED) is 0.418. The van der Waals surface area contributed by atoms with Gasteiger partial charge in [-0.2, -0.15) is 0 Å². The number of ether oxygens (including phenoxy) is 2. The highest BCUT2D eigenvalue weighted by Gasteiger charge is 2.17.